The van der Waals surface area contributed by atoms with Gasteiger partial charge in [-0.15, -0.1) is 0 Å². The zero-order valence-electron chi connectivity index (χ0n) is 14.6. The van der Waals surface area contributed by atoms with Crippen LogP contribution in [0.25, 0.3) is 0 Å². The van der Waals surface area contributed by atoms with Crippen molar-refractivity contribution in [3.05, 3.63) is 66.0 Å². The fraction of sp³-hybridized carbons (Fsp3) is 0.400. The fourth-order valence-corrected chi connectivity index (χ4v) is 3.40. The summed E-state index contributed by atoms with van der Waals surface area (Å²) in [7, 11) is 1.92. The molecule has 5 nitrogen and oxygen atoms in total. The monoisotopic (exact) mass is 339 g/mol. The summed E-state index contributed by atoms with van der Waals surface area (Å²) in [6, 6.07) is 15.8. The van der Waals surface area contributed by atoms with Gasteiger partial charge in [0.1, 0.15) is 0 Å². The molecule has 1 aliphatic rings. The molecule has 0 aliphatic carbocycles. The van der Waals surface area contributed by atoms with Gasteiger partial charge in [-0.2, -0.15) is 0 Å². The lowest BCUT2D eigenvalue weighted by Gasteiger charge is -2.37. The molecule has 1 N–H and O–H groups in total. The third-order valence-corrected chi connectivity index (χ3v) is 4.73. The molecule has 0 bridgehead atoms. The molecule has 1 saturated heterocycles. The molecule has 0 radical (unpaired) electrons. The van der Waals surface area contributed by atoms with Crippen molar-refractivity contribution in [2.45, 2.75) is 25.0 Å². The van der Waals surface area contributed by atoms with Gasteiger partial charge in [0, 0.05) is 31.7 Å². The van der Waals surface area contributed by atoms with Crippen molar-refractivity contribution in [3.8, 4) is 0 Å². The molecular weight excluding hydrogens is 314 g/mol. The van der Waals surface area contributed by atoms with Crippen LogP contribution in [0.5, 0.6) is 0 Å². The Morgan fingerprint density at radius 3 is 2.68 bits per heavy atom. The highest BCUT2D eigenvalue weighted by Crippen LogP contribution is 2.28. The Hall–Kier alpha value is -2.24. The predicted molar refractivity (Wildman–Crippen MR) is 97.0 cm³/mol. The molecule has 1 aromatic carbocycles. The van der Waals surface area contributed by atoms with Crippen LogP contribution in [0.2, 0.25) is 0 Å². The molecule has 132 valence electrons. The normalized spacial score (nSPS) is 20.7. The number of aromatic nitrogens is 1. The lowest BCUT2D eigenvalue weighted by molar-refractivity contribution is -0.135. The van der Waals surface area contributed by atoms with Gasteiger partial charge in [0.25, 0.3) is 0 Å². The third kappa shape index (κ3) is 4.65. The summed E-state index contributed by atoms with van der Waals surface area (Å²) in [5, 5.41) is 10.5. The highest BCUT2D eigenvalue weighted by Gasteiger charge is 2.31. The topological polar surface area (TPSA) is 56.7 Å². The molecule has 1 aromatic heterocycles. The number of carbonyl (C=O) groups is 1. The first-order chi connectivity index (χ1) is 12.1. The molecular formula is C20H25N3O2. The van der Waals surface area contributed by atoms with Gasteiger partial charge >= 0.3 is 0 Å². The maximum absolute atomic E-state index is 12.5. The van der Waals surface area contributed by atoms with Crippen molar-refractivity contribution in [2.75, 3.05) is 26.7 Å². The number of amides is 1. The minimum absolute atomic E-state index is 0.0593. The number of pyridine rings is 1. The molecule has 5 heteroatoms. The summed E-state index contributed by atoms with van der Waals surface area (Å²) in [5.41, 5.74) is 2.09. The number of carbonyl (C=O) groups excluding carboxylic acids is 1. The second kappa shape index (κ2) is 8.23. The van der Waals surface area contributed by atoms with Crippen LogP contribution in [-0.2, 0) is 11.3 Å². The van der Waals surface area contributed by atoms with Crippen molar-refractivity contribution in [2.24, 2.45) is 0 Å². The quantitative estimate of drug-likeness (QED) is 0.904. The zero-order chi connectivity index (χ0) is 17.6. The van der Waals surface area contributed by atoms with Gasteiger partial charge < -0.3 is 10.0 Å². The van der Waals surface area contributed by atoms with Crippen molar-refractivity contribution < 1.29 is 9.90 Å². The van der Waals surface area contributed by atoms with E-state index in [9.17, 15) is 9.90 Å². The number of nitrogens with zero attached hydrogens (tertiary/aromatic N) is 3. The number of likely N-dealkylation sites (tertiary alicyclic amines) is 1. The second-order valence-corrected chi connectivity index (χ2v) is 6.71. The number of aliphatic hydroxyl groups excluding tert-OH is 1. The van der Waals surface area contributed by atoms with E-state index < -0.39 is 6.10 Å². The van der Waals surface area contributed by atoms with Gasteiger partial charge in [-0.1, -0.05) is 36.4 Å². The van der Waals surface area contributed by atoms with Crippen molar-refractivity contribution in [1.82, 2.24) is 14.8 Å². The Kier molecular flexibility index (Phi) is 5.79. The Balaban J connectivity index is 1.52. The zero-order valence-corrected chi connectivity index (χ0v) is 14.6. The molecule has 0 unspecified atom stereocenters. The Labute approximate surface area is 148 Å². The number of benzene rings is 1. The van der Waals surface area contributed by atoms with Crippen LogP contribution in [0.3, 0.4) is 0 Å². The second-order valence-electron chi connectivity index (χ2n) is 6.71. The summed E-state index contributed by atoms with van der Waals surface area (Å²) in [4.78, 5) is 20.6. The van der Waals surface area contributed by atoms with E-state index in [0.29, 0.717) is 26.2 Å². The number of rotatable bonds is 5. The summed E-state index contributed by atoms with van der Waals surface area (Å²) in [6.45, 7) is 2.05. The van der Waals surface area contributed by atoms with E-state index >= 15 is 0 Å². The van der Waals surface area contributed by atoms with Crippen molar-refractivity contribution in [1.29, 1.82) is 0 Å². The van der Waals surface area contributed by atoms with E-state index in [2.05, 4.69) is 4.98 Å². The lowest BCUT2D eigenvalue weighted by atomic mass is 9.87. The van der Waals surface area contributed by atoms with E-state index in [-0.39, 0.29) is 11.8 Å². The van der Waals surface area contributed by atoms with Crippen LogP contribution < -0.4 is 0 Å². The van der Waals surface area contributed by atoms with E-state index in [1.165, 1.54) is 0 Å². The number of piperidine rings is 1. The molecule has 1 fully saturated rings. The standard InChI is InChI=1S/C20H25N3O2/c1-22(13-17-9-5-6-11-21-17)15-20(25)23-12-10-18(19(24)14-23)16-7-3-2-4-8-16/h2-9,11,18-19,24H,10,12-15H2,1H3/t18-,19-/m1/s1. The van der Waals surface area contributed by atoms with E-state index in [0.717, 1.165) is 17.7 Å². The fourth-order valence-electron chi connectivity index (χ4n) is 3.40. The van der Waals surface area contributed by atoms with Crippen LogP contribution in [0.4, 0.5) is 0 Å². The summed E-state index contributed by atoms with van der Waals surface area (Å²) in [6.07, 6.45) is 2.04. The molecule has 1 aliphatic heterocycles. The van der Waals surface area contributed by atoms with Crippen LogP contribution >= 0.6 is 0 Å². The maximum atomic E-state index is 12.5. The third-order valence-electron chi connectivity index (χ3n) is 4.73. The van der Waals surface area contributed by atoms with Gasteiger partial charge in [-0.3, -0.25) is 14.7 Å². The number of β-amino-alcohol motifs (C(OH)–C–C–N with tert-alkyl or cyclic N) is 1. The van der Waals surface area contributed by atoms with Crippen LogP contribution in [0, 0.1) is 0 Å². The Morgan fingerprint density at radius 2 is 2.00 bits per heavy atom. The van der Waals surface area contributed by atoms with Gasteiger partial charge in [-0.25, -0.2) is 0 Å². The van der Waals surface area contributed by atoms with Gasteiger partial charge in [0.2, 0.25) is 5.91 Å². The first kappa shape index (κ1) is 17.6. The minimum Gasteiger partial charge on any atom is -0.391 e. The SMILES string of the molecule is CN(CC(=O)N1CC[C@H](c2ccccc2)[C@H](O)C1)Cc1ccccn1. The summed E-state index contributed by atoms with van der Waals surface area (Å²) < 4.78 is 0. The average Bonchev–Trinajstić information content (AvgIpc) is 2.63. The minimum atomic E-state index is -0.513. The first-order valence-electron chi connectivity index (χ1n) is 8.72. The molecule has 0 spiro atoms. The van der Waals surface area contributed by atoms with Crippen molar-refractivity contribution >= 4 is 5.91 Å². The molecule has 3 rings (SSSR count). The van der Waals surface area contributed by atoms with E-state index in [1.54, 1.807) is 11.1 Å². The Bertz CT molecular complexity index is 678. The van der Waals surface area contributed by atoms with Crippen LogP contribution in [-0.4, -0.2) is 58.6 Å². The number of aliphatic hydroxyl groups is 1. The van der Waals surface area contributed by atoms with Crippen LogP contribution in [0.15, 0.2) is 54.7 Å². The van der Waals surface area contributed by atoms with Gasteiger partial charge in [0.15, 0.2) is 0 Å². The highest BCUT2D eigenvalue weighted by molar-refractivity contribution is 5.78. The highest BCUT2D eigenvalue weighted by atomic mass is 16.3. The van der Waals surface area contributed by atoms with E-state index in [1.807, 2.05) is 60.5 Å². The van der Waals surface area contributed by atoms with Gasteiger partial charge in [0.05, 0.1) is 18.3 Å². The first-order valence-corrected chi connectivity index (χ1v) is 8.72. The summed E-state index contributed by atoms with van der Waals surface area (Å²) in [5.74, 6) is 0.167. The molecule has 2 heterocycles. The lowest BCUT2D eigenvalue weighted by Crippen LogP contribution is -2.48. The molecule has 2 atom stereocenters. The van der Waals surface area contributed by atoms with Crippen LogP contribution in [0.1, 0.15) is 23.6 Å². The molecule has 1 amide bonds. The Morgan fingerprint density at radius 1 is 1.24 bits per heavy atom. The molecule has 2 aromatic rings. The maximum Gasteiger partial charge on any atom is 0.236 e. The number of hydrogen-bond donors (Lipinski definition) is 1. The van der Waals surface area contributed by atoms with Crippen molar-refractivity contribution in [3.63, 3.8) is 0 Å². The van der Waals surface area contributed by atoms with E-state index in [4.69, 9.17) is 0 Å². The smallest absolute Gasteiger partial charge is 0.236 e. The molecule has 0 saturated carbocycles. The largest absolute Gasteiger partial charge is 0.391 e. The number of hydrogen-bond acceptors (Lipinski definition) is 4. The molecule has 25 heavy (non-hydrogen) atoms. The number of likely N-dealkylation sites (N-methyl/N-ethyl adjacent to an activating group) is 1. The predicted octanol–water partition coefficient (Wildman–Crippen LogP) is 1.89. The summed E-state index contributed by atoms with van der Waals surface area (Å²) >= 11 is 0. The average molecular weight is 339 g/mol. The van der Waals surface area contributed by atoms with Gasteiger partial charge in [-0.05, 0) is 31.2 Å².